The average Bonchev–Trinajstić information content (AvgIpc) is 3.20. The SMILES string of the molecule is COc1ccc(C(=O)CCC(=O)NC[C@H]2CCN(C3CCCCC3)C2)cc1. The fraction of sp³-hybridized carbons (Fsp3) is 0.636. The molecule has 1 N–H and O–H groups in total. The van der Waals surface area contributed by atoms with E-state index < -0.39 is 0 Å². The van der Waals surface area contributed by atoms with Gasteiger partial charge in [0, 0.05) is 37.5 Å². The Labute approximate surface area is 162 Å². The van der Waals surface area contributed by atoms with Gasteiger partial charge >= 0.3 is 0 Å². The topological polar surface area (TPSA) is 58.6 Å². The Morgan fingerprint density at radius 3 is 2.52 bits per heavy atom. The summed E-state index contributed by atoms with van der Waals surface area (Å²) in [6, 6.07) is 7.80. The van der Waals surface area contributed by atoms with E-state index in [0.29, 0.717) is 11.5 Å². The van der Waals surface area contributed by atoms with Crippen LogP contribution in [0, 0.1) is 5.92 Å². The quantitative estimate of drug-likeness (QED) is 0.710. The highest BCUT2D eigenvalue weighted by Crippen LogP contribution is 2.27. The second kappa shape index (κ2) is 9.88. The lowest BCUT2D eigenvalue weighted by Crippen LogP contribution is -2.36. The summed E-state index contributed by atoms with van der Waals surface area (Å²) in [5.74, 6) is 1.25. The molecule has 0 bridgehead atoms. The molecular weight excluding hydrogens is 340 g/mol. The van der Waals surface area contributed by atoms with Gasteiger partial charge in [0.15, 0.2) is 5.78 Å². The lowest BCUT2D eigenvalue weighted by Gasteiger charge is -2.31. The summed E-state index contributed by atoms with van der Waals surface area (Å²) < 4.78 is 5.10. The molecule has 27 heavy (non-hydrogen) atoms. The van der Waals surface area contributed by atoms with Crippen molar-refractivity contribution in [3.05, 3.63) is 29.8 Å². The molecule has 1 amide bonds. The molecule has 5 nitrogen and oxygen atoms in total. The van der Waals surface area contributed by atoms with Crippen LogP contribution in [0.5, 0.6) is 5.75 Å². The minimum Gasteiger partial charge on any atom is -0.497 e. The molecule has 1 aromatic carbocycles. The first kappa shape index (κ1) is 19.9. The van der Waals surface area contributed by atoms with Gasteiger partial charge in [-0.1, -0.05) is 19.3 Å². The number of likely N-dealkylation sites (tertiary alicyclic amines) is 1. The van der Waals surface area contributed by atoms with E-state index in [4.69, 9.17) is 4.74 Å². The lowest BCUT2D eigenvalue weighted by atomic mass is 9.94. The number of rotatable bonds is 8. The van der Waals surface area contributed by atoms with E-state index in [1.165, 1.54) is 45.1 Å². The number of ketones is 1. The van der Waals surface area contributed by atoms with E-state index in [0.717, 1.165) is 24.9 Å². The van der Waals surface area contributed by atoms with E-state index in [1.807, 2.05) is 0 Å². The molecule has 0 aromatic heterocycles. The van der Waals surface area contributed by atoms with Crippen molar-refractivity contribution in [1.29, 1.82) is 0 Å². The Hall–Kier alpha value is -1.88. The summed E-state index contributed by atoms with van der Waals surface area (Å²) in [7, 11) is 1.60. The first-order chi connectivity index (χ1) is 13.2. The number of carbonyl (C=O) groups is 2. The summed E-state index contributed by atoms with van der Waals surface area (Å²) >= 11 is 0. The molecule has 1 saturated heterocycles. The van der Waals surface area contributed by atoms with Gasteiger partial charge in [0.1, 0.15) is 5.75 Å². The number of nitrogens with one attached hydrogen (secondary N) is 1. The van der Waals surface area contributed by atoms with Crippen molar-refractivity contribution in [3.63, 3.8) is 0 Å². The molecule has 1 aliphatic heterocycles. The molecule has 0 radical (unpaired) electrons. The zero-order valence-corrected chi connectivity index (χ0v) is 16.4. The smallest absolute Gasteiger partial charge is 0.220 e. The number of nitrogens with zero attached hydrogens (tertiary/aromatic N) is 1. The van der Waals surface area contributed by atoms with Crippen LogP contribution in [0.1, 0.15) is 61.7 Å². The molecule has 148 valence electrons. The van der Waals surface area contributed by atoms with Crippen LogP contribution in [0.4, 0.5) is 0 Å². The zero-order chi connectivity index (χ0) is 19.1. The highest BCUT2D eigenvalue weighted by molar-refractivity contribution is 5.98. The number of amides is 1. The molecule has 1 aromatic rings. The van der Waals surface area contributed by atoms with Gasteiger partial charge in [-0.3, -0.25) is 9.59 Å². The Kier molecular flexibility index (Phi) is 7.27. The standard InChI is InChI=1S/C22H32N2O3/c1-27-20-9-7-18(8-10-20)21(25)11-12-22(26)23-15-17-13-14-24(16-17)19-5-3-2-4-6-19/h7-10,17,19H,2-6,11-16H2,1H3,(H,23,26)/t17-/m1/s1. The number of carbonyl (C=O) groups excluding carboxylic acids is 2. The molecule has 1 aliphatic carbocycles. The van der Waals surface area contributed by atoms with Crippen LogP contribution in [-0.4, -0.2) is 49.4 Å². The summed E-state index contributed by atoms with van der Waals surface area (Å²) in [5, 5.41) is 3.04. The van der Waals surface area contributed by atoms with Crippen molar-refractivity contribution in [1.82, 2.24) is 10.2 Å². The summed E-state index contributed by atoms with van der Waals surface area (Å²) in [6.45, 7) is 3.01. The number of hydrogen-bond acceptors (Lipinski definition) is 4. The largest absolute Gasteiger partial charge is 0.497 e. The Morgan fingerprint density at radius 1 is 1.07 bits per heavy atom. The predicted molar refractivity (Wildman–Crippen MR) is 106 cm³/mol. The van der Waals surface area contributed by atoms with E-state index >= 15 is 0 Å². The highest BCUT2D eigenvalue weighted by atomic mass is 16.5. The Bertz CT molecular complexity index is 623. The monoisotopic (exact) mass is 372 g/mol. The van der Waals surface area contributed by atoms with Crippen molar-refractivity contribution in [2.45, 2.75) is 57.4 Å². The maximum atomic E-state index is 12.2. The number of ether oxygens (including phenoxy) is 1. The van der Waals surface area contributed by atoms with Crippen LogP contribution in [0.3, 0.4) is 0 Å². The third-order valence-corrected chi connectivity index (χ3v) is 5.99. The van der Waals surface area contributed by atoms with Crippen LogP contribution in [0.25, 0.3) is 0 Å². The molecule has 1 saturated carbocycles. The van der Waals surface area contributed by atoms with E-state index in [9.17, 15) is 9.59 Å². The first-order valence-electron chi connectivity index (χ1n) is 10.3. The third kappa shape index (κ3) is 5.80. The van der Waals surface area contributed by atoms with Crippen molar-refractivity contribution in [2.75, 3.05) is 26.7 Å². The minimum absolute atomic E-state index is 0.00265. The fourth-order valence-electron chi connectivity index (χ4n) is 4.30. The van der Waals surface area contributed by atoms with E-state index in [2.05, 4.69) is 10.2 Å². The third-order valence-electron chi connectivity index (χ3n) is 5.99. The van der Waals surface area contributed by atoms with Gasteiger partial charge in [0.05, 0.1) is 7.11 Å². The fourth-order valence-corrected chi connectivity index (χ4v) is 4.30. The van der Waals surface area contributed by atoms with Crippen LogP contribution in [0.15, 0.2) is 24.3 Å². The van der Waals surface area contributed by atoms with Gasteiger partial charge in [-0.15, -0.1) is 0 Å². The lowest BCUT2D eigenvalue weighted by molar-refractivity contribution is -0.121. The van der Waals surface area contributed by atoms with Crippen molar-refractivity contribution >= 4 is 11.7 Å². The molecule has 0 unspecified atom stereocenters. The van der Waals surface area contributed by atoms with Gasteiger partial charge < -0.3 is 15.0 Å². The van der Waals surface area contributed by atoms with E-state index in [-0.39, 0.29) is 24.5 Å². The molecule has 1 heterocycles. The van der Waals surface area contributed by atoms with Crippen molar-refractivity contribution in [2.24, 2.45) is 5.92 Å². The number of benzene rings is 1. The molecule has 2 aliphatic rings. The molecular formula is C22H32N2O3. The van der Waals surface area contributed by atoms with Crippen LogP contribution in [-0.2, 0) is 4.79 Å². The van der Waals surface area contributed by atoms with Gasteiger partial charge in [-0.05, 0) is 56.0 Å². The Balaban J connectivity index is 1.34. The second-order valence-electron chi connectivity index (χ2n) is 7.90. The van der Waals surface area contributed by atoms with Crippen LogP contribution >= 0.6 is 0 Å². The van der Waals surface area contributed by atoms with Crippen LogP contribution in [0.2, 0.25) is 0 Å². The van der Waals surface area contributed by atoms with Gasteiger partial charge in [0.25, 0.3) is 0 Å². The molecule has 5 heteroatoms. The first-order valence-corrected chi connectivity index (χ1v) is 10.3. The van der Waals surface area contributed by atoms with Crippen molar-refractivity contribution in [3.8, 4) is 5.75 Å². The normalized spacial score (nSPS) is 21.1. The van der Waals surface area contributed by atoms with Gasteiger partial charge in [-0.2, -0.15) is 0 Å². The maximum absolute atomic E-state index is 12.2. The van der Waals surface area contributed by atoms with E-state index in [1.54, 1.807) is 31.4 Å². The maximum Gasteiger partial charge on any atom is 0.220 e. The number of hydrogen-bond donors (Lipinski definition) is 1. The molecule has 1 atom stereocenters. The number of methoxy groups -OCH3 is 1. The zero-order valence-electron chi connectivity index (χ0n) is 16.4. The minimum atomic E-state index is -0.0204. The van der Waals surface area contributed by atoms with Crippen molar-refractivity contribution < 1.29 is 14.3 Å². The summed E-state index contributed by atoms with van der Waals surface area (Å²) in [6.07, 6.45) is 8.47. The predicted octanol–water partition coefficient (Wildman–Crippen LogP) is 3.43. The molecule has 2 fully saturated rings. The summed E-state index contributed by atoms with van der Waals surface area (Å²) in [5.41, 5.74) is 0.627. The van der Waals surface area contributed by atoms with Crippen LogP contribution < -0.4 is 10.1 Å². The van der Waals surface area contributed by atoms with Gasteiger partial charge in [0.2, 0.25) is 5.91 Å². The van der Waals surface area contributed by atoms with Gasteiger partial charge in [-0.25, -0.2) is 0 Å². The Morgan fingerprint density at radius 2 is 1.81 bits per heavy atom. The molecule has 3 rings (SSSR count). The average molecular weight is 373 g/mol. The molecule has 0 spiro atoms. The number of Topliss-reactive ketones (excluding diaryl/α,β-unsaturated/α-hetero) is 1. The highest BCUT2D eigenvalue weighted by Gasteiger charge is 2.29. The summed E-state index contributed by atoms with van der Waals surface area (Å²) in [4.78, 5) is 27.0. The second-order valence-corrected chi connectivity index (χ2v) is 7.90.